The molecule has 5 rings (SSSR count). The van der Waals surface area contributed by atoms with Gasteiger partial charge < -0.3 is 10.1 Å². The zero-order chi connectivity index (χ0) is 22.3. The summed E-state index contributed by atoms with van der Waals surface area (Å²) < 4.78 is 33.0. The molecule has 0 unspecified atom stereocenters. The SMILES string of the molecule is Cc1cccc2c1-c1sc(C(=O)Nc3ccc(S(=O)(=O)N4CCCCC4)cc3)cc1CO2. The highest BCUT2D eigenvalue weighted by molar-refractivity contribution is 7.89. The van der Waals surface area contributed by atoms with Crippen molar-refractivity contribution in [3.8, 4) is 16.2 Å². The molecule has 166 valence electrons. The zero-order valence-electron chi connectivity index (χ0n) is 17.8. The fourth-order valence-electron chi connectivity index (χ4n) is 4.22. The summed E-state index contributed by atoms with van der Waals surface area (Å²) in [5, 5.41) is 2.89. The lowest BCUT2D eigenvalue weighted by Gasteiger charge is -2.25. The third kappa shape index (κ3) is 3.83. The standard InChI is InChI=1S/C24H24N2O4S2/c1-16-6-5-7-20-22(16)23-17(15-30-20)14-21(31-23)24(27)25-18-8-10-19(11-9-18)32(28,29)26-12-3-2-4-13-26/h5-11,14H,2-4,12-13,15H2,1H3,(H,25,27). The van der Waals surface area contributed by atoms with Crippen molar-refractivity contribution < 1.29 is 17.9 Å². The van der Waals surface area contributed by atoms with Crippen molar-refractivity contribution in [2.75, 3.05) is 18.4 Å². The Labute approximate surface area is 191 Å². The predicted octanol–water partition coefficient (Wildman–Crippen LogP) is 5.04. The number of ether oxygens (including phenoxy) is 1. The molecular formula is C24H24N2O4S2. The lowest BCUT2D eigenvalue weighted by atomic mass is 10.0. The average Bonchev–Trinajstić information content (AvgIpc) is 3.25. The molecule has 3 heterocycles. The Hall–Kier alpha value is -2.68. The van der Waals surface area contributed by atoms with Gasteiger partial charge in [-0.05, 0) is 61.7 Å². The van der Waals surface area contributed by atoms with Crippen LogP contribution in [0.2, 0.25) is 0 Å². The molecule has 1 N–H and O–H groups in total. The van der Waals surface area contributed by atoms with E-state index in [-0.39, 0.29) is 10.8 Å². The normalized spacial score (nSPS) is 16.0. The van der Waals surface area contributed by atoms with Crippen molar-refractivity contribution >= 4 is 33.0 Å². The largest absolute Gasteiger partial charge is 0.488 e. The minimum absolute atomic E-state index is 0.217. The second kappa shape index (κ2) is 8.35. The Morgan fingerprint density at radius 1 is 1.06 bits per heavy atom. The predicted molar refractivity (Wildman–Crippen MR) is 126 cm³/mol. The molecule has 0 atom stereocenters. The number of benzene rings is 2. The van der Waals surface area contributed by atoms with Crippen molar-refractivity contribution in [3.05, 3.63) is 64.5 Å². The first-order valence-electron chi connectivity index (χ1n) is 10.7. The Kier molecular flexibility index (Phi) is 5.53. The van der Waals surface area contributed by atoms with Gasteiger partial charge in [0, 0.05) is 34.8 Å². The Morgan fingerprint density at radius 2 is 1.81 bits per heavy atom. The maximum absolute atomic E-state index is 12.9. The van der Waals surface area contributed by atoms with Crippen molar-refractivity contribution in [1.82, 2.24) is 4.31 Å². The van der Waals surface area contributed by atoms with Crippen LogP contribution in [0.25, 0.3) is 10.4 Å². The first-order valence-corrected chi connectivity index (χ1v) is 13.0. The first-order chi connectivity index (χ1) is 15.4. The molecule has 0 radical (unpaired) electrons. The van der Waals surface area contributed by atoms with Crippen LogP contribution in [-0.2, 0) is 16.6 Å². The lowest BCUT2D eigenvalue weighted by molar-refractivity contribution is 0.103. The monoisotopic (exact) mass is 468 g/mol. The Morgan fingerprint density at radius 3 is 2.56 bits per heavy atom. The van der Waals surface area contributed by atoms with Gasteiger partial charge in [-0.2, -0.15) is 4.31 Å². The van der Waals surface area contributed by atoms with Gasteiger partial charge in [0.1, 0.15) is 12.4 Å². The van der Waals surface area contributed by atoms with Gasteiger partial charge in [-0.1, -0.05) is 18.6 Å². The lowest BCUT2D eigenvalue weighted by Crippen LogP contribution is -2.35. The number of sulfonamides is 1. The van der Waals surface area contributed by atoms with Gasteiger partial charge in [-0.3, -0.25) is 4.79 Å². The highest BCUT2D eigenvalue weighted by atomic mass is 32.2. The number of carbonyl (C=O) groups excluding carboxylic acids is 1. The first kappa shape index (κ1) is 21.2. The number of nitrogens with zero attached hydrogens (tertiary/aromatic N) is 1. The van der Waals surface area contributed by atoms with E-state index in [4.69, 9.17) is 4.74 Å². The van der Waals surface area contributed by atoms with Crippen molar-refractivity contribution in [3.63, 3.8) is 0 Å². The van der Waals surface area contributed by atoms with E-state index in [0.717, 1.165) is 46.6 Å². The quantitative estimate of drug-likeness (QED) is 0.582. The number of carbonyl (C=O) groups is 1. The minimum atomic E-state index is -3.49. The van der Waals surface area contributed by atoms with Gasteiger partial charge in [0.15, 0.2) is 0 Å². The number of amides is 1. The Bertz CT molecular complexity index is 1270. The van der Waals surface area contributed by atoms with E-state index >= 15 is 0 Å². The smallest absolute Gasteiger partial charge is 0.265 e. The number of fused-ring (bicyclic) bond motifs is 3. The fourth-order valence-corrected chi connectivity index (χ4v) is 6.92. The van der Waals surface area contributed by atoms with Gasteiger partial charge in [-0.15, -0.1) is 11.3 Å². The number of aryl methyl sites for hydroxylation is 1. The summed E-state index contributed by atoms with van der Waals surface area (Å²) >= 11 is 1.45. The molecule has 2 aliphatic heterocycles. The summed E-state index contributed by atoms with van der Waals surface area (Å²) in [4.78, 5) is 14.8. The molecular weight excluding hydrogens is 444 g/mol. The highest BCUT2D eigenvalue weighted by Gasteiger charge is 2.26. The summed E-state index contributed by atoms with van der Waals surface area (Å²) in [6.45, 7) is 3.61. The number of nitrogens with one attached hydrogen (secondary N) is 1. The van der Waals surface area contributed by atoms with Crippen LogP contribution in [0, 0.1) is 6.92 Å². The summed E-state index contributed by atoms with van der Waals surface area (Å²) in [5.41, 5.74) is 3.73. The third-order valence-corrected chi connectivity index (χ3v) is 9.05. The van der Waals surface area contributed by atoms with Crippen LogP contribution in [0.4, 0.5) is 5.69 Å². The molecule has 32 heavy (non-hydrogen) atoms. The number of thiophene rings is 1. The van der Waals surface area contributed by atoms with Crippen LogP contribution in [0.15, 0.2) is 53.4 Å². The van der Waals surface area contributed by atoms with Gasteiger partial charge in [0.2, 0.25) is 10.0 Å². The Balaban J connectivity index is 1.34. The van der Waals surface area contributed by atoms with E-state index in [1.54, 1.807) is 28.6 Å². The number of piperidine rings is 1. The van der Waals surface area contributed by atoms with Crippen LogP contribution >= 0.6 is 11.3 Å². The number of anilines is 1. The van der Waals surface area contributed by atoms with Gasteiger partial charge in [-0.25, -0.2) is 8.42 Å². The fraction of sp³-hybridized carbons (Fsp3) is 0.292. The van der Waals surface area contributed by atoms with Gasteiger partial charge >= 0.3 is 0 Å². The van der Waals surface area contributed by atoms with E-state index in [1.807, 2.05) is 31.2 Å². The van der Waals surface area contributed by atoms with Crippen LogP contribution in [0.3, 0.4) is 0 Å². The molecule has 0 aliphatic carbocycles. The second-order valence-corrected chi connectivity index (χ2v) is 11.1. The molecule has 1 aromatic heterocycles. The molecule has 0 bridgehead atoms. The van der Waals surface area contributed by atoms with E-state index in [1.165, 1.54) is 11.3 Å². The number of rotatable bonds is 4. The van der Waals surface area contributed by atoms with E-state index in [2.05, 4.69) is 5.32 Å². The van der Waals surface area contributed by atoms with Crippen molar-refractivity contribution in [2.45, 2.75) is 37.7 Å². The van der Waals surface area contributed by atoms with Crippen LogP contribution in [-0.4, -0.2) is 31.7 Å². The molecule has 1 amide bonds. The van der Waals surface area contributed by atoms with Crippen LogP contribution in [0.5, 0.6) is 5.75 Å². The summed E-state index contributed by atoms with van der Waals surface area (Å²) in [7, 11) is -3.49. The topological polar surface area (TPSA) is 75.7 Å². The number of hydrogen-bond donors (Lipinski definition) is 1. The van der Waals surface area contributed by atoms with E-state index in [9.17, 15) is 13.2 Å². The zero-order valence-corrected chi connectivity index (χ0v) is 19.4. The molecule has 1 saturated heterocycles. The second-order valence-electron chi connectivity index (χ2n) is 8.14. The molecule has 0 spiro atoms. The molecule has 8 heteroatoms. The molecule has 0 saturated carbocycles. The number of hydrogen-bond acceptors (Lipinski definition) is 5. The van der Waals surface area contributed by atoms with Crippen molar-refractivity contribution in [2.24, 2.45) is 0 Å². The van der Waals surface area contributed by atoms with Crippen LogP contribution in [0.1, 0.15) is 40.1 Å². The minimum Gasteiger partial charge on any atom is -0.488 e. The highest BCUT2D eigenvalue weighted by Crippen LogP contribution is 2.44. The maximum atomic E-state index is 12.9. The van der Waals surface area contributed by atoms with E-state index in [0.29, 0.717) is 30.3 Å². The maximum Gasteiger partial charge on any atom is 0.265 e. The average molecular weight is 469 g/mol. The molecule has 2 aliphatic rings. The summed E-state index contributed by atoms with van der Waals surface area (Å²) in [6.07, 6.45) is 2.86. The molecule has 6 nitrogen and oxygen atoms in total. The molecule has 3 aromatic rings. The van der Waals surface area contributed by atoms with Gasteiger partial charge in [0.05, 0.1) is 9.77 Å². The van der Waals surface area contributed by atoms with E-state index < -0.39 is 10.0 Å². The third-order valence-electron chi connectivity index (χ3n) is 5.94. The van der Waals surface area contributed by atoms with Gasteiger partial charge in [0.25, 0.3) is 5.91 Å². The molecule has 2 aromatic carbocycles. The summed E-state index contributed by atoms with van der Waals surface area (Å²) in [5.74, 6) is 0.628. The summed E-state index contributed by atoms with van der Waals surface area (Å²) in [6, 6.07) is 14.2. The van der Waals surface area contributed by atoms with Crippen molar-refractivity contribution in [1.29, 1.82) is 0 Å². The molecule has 1 fully saturated rings. The van der Waals surface area contributed by atoms with Crippen LogP contribution < -0.4 is 10.1 Å².